The largest absolute Gasteiger partial charge is 0.296 e. The summed E-state index contributed by atoms with van der Waals surface area (Å²) >= 11 is 7.16. The van der Waals surface area contributed by atoms with E-state index in [1.165, 1.54) is 17.1 Å². The van der Waals surface area contributed by atoms with Gasteiger partial charge in [0.05, 0.1) is 0 Å². The van der Waals surface area contributed by atoms with Crippen molar-refractivity contribution in [1.82, 2.24) is 19.5 Å². The molecule has 0 aromatic carbocycles. The summed E-state index contributed by atoms with van der Waals surface area (Å²) in [4.78, 5) is 6.20. The maximum absolute atomic E-state index is 5.94. The Bertz CT molecular complexity index is 445. The number of hydrogen-bond acceptors (Lipinski definition) is 5. The zero-order valence-electron chi connectivity index (χ0n) is 8.80. The Balaban J connectivity index is 1.95. The molecule has 0 amide bonds. The zero-order valence-corrected chi connectivity index (χ0v) is 10.4. The van der Waals surface area contributed by atoms with E-state index < -0.39 is 0 Å². The van der Waals surface area contributed by atoms with Crippen LogP contribution < -0.4 is 0 Å². The molecule has 84 valence electrons. The maximum atomic E-state index is 5.94. The molecule has 0 aliphatic carbocycles. The van der Waals surface area contributed by atoms with Crippen molar-refractivity contribution in [2.75, 3.05) is 7.05 Å². The lowest BCUT2D eigenvalue weighted by molar-refractivity contribution is 0.314. The molecule has 2 heterocycles. The van der Waals surface area contributed by atoms with E-state index in [0.29, 0.717) is 10.9 Å². The number of halogens is 1. The third-order valence-electron chi connectivity index (χ3n) is 2.10. The van der Waals surface area contributed by atoms with Crippen molar-refractivity contribution in [3.8, 4) is 0 Å². The van der Waals surface area contributed by atoms with Crippen molar-refractivity contribution in [2.45, 2.75) is 13.1 Å². The third kappa shape index (κ3) is 2.98. The topological polar surface area (TPSA) is 41.9 Å². The van der Waals surface area contributed by atoms with Crippen LogP contribution in [0.25, 0.3) is 0 Å². The van der Waals surface area contributed by atoms with Crippen LogP contribution in [0.2, 0.25) is 4.34 Å². The predicted octanol–water partition coefficient (Wildman–Crippen LogP) is 2.22. The molecule has 0 unspecified atom stereocenters. The number of aromatic nitrogens is 3. The Hall–Kier alpha value is -1.04. The molecule has 2 aromatic rings. The summed E-state index contributed by atoms with van der Waals surface area (Å²) in [5.74, 6) is 0. The molecule has 0 saturated carbocycles. The van der Waals surface area contributed by atoms with Crippen LogP contribution in [0.4, 0.5) is 0 Å². The molecule has 16 heavy (non-hydrogen) atoms. The average molecular weight is 255 g/mol. The highest BCUT2D eigenvalue weighted by Crippen LogP contribution is 2.18. The van der Waals surface area contributed by atoms with Gasteiger partial charge in [0, 0.05) is 37.0 Å². The highest BCUT2D eigenvalue weighted by atomic mass is 35.5. The standard InChI is InChI=1S/C10H11ClN4S/c1-15(6-8-3-2-4-12-5-8)7-9-10(11)16-14-13-9/h2-5H,6-7H2,1H3. The fraction of sp³-hybridized carbons (Fsp3) is 0.300. The van der Waals surface area contributed by atoms with Gasteiger partial charge in [-0.05, 0) is 18.7 Å². The number of rotatable bonds is 4. The molecule has 0 atom stereocenters. The van der Waals surface area contributed by atoms with Crippen LogP contribution >= 0.6 is 23.1 Å². The van der Waals surface area contributed by atoms with Crippen LogP contribution in [0, 0.1) is 0 Å². The second kappa shape index (κ2) is 5.34. The van der Waals surface area contributed by atoms with E-state index in [4.69, 9.17) is 11.6 Å². The molecule has 0 spiro atoms. The molecule has 0 N–H and O–H groups in total. The van der Waals surface area contributed by atoms with Crippen molar-refractivity contribution >= 4 is 23.1 Å². The van der Waals surface area contributed by atoms with E-state index in [1.54, 1.807) is 6.20 Å². The number of pyridine rings is 1. The van der Waals surface area contributed by atoms with Gasteiger partial charge in [-0.1, -0.05) is 22.2 Å². The minimum absolute atomic E-state index is 0.665. The zero-order chi connectivity index (χ0) is 11.4. The highest BCUT2D eigenvalue weighted by molar-refractivity contribution is 7.10. The van der Waals surface area contributed by atoms with Crippen molar-refractivity contribution in [1.29, 1.82) is 0 Å². The van der Waals surface area contributed by atoms with Gasteiger partial charge in [0.2, 0.25) is 0 Å². The van der Waals surface area contributed by atoms with Crippen LogP contribution in [0.1, 0.15) is 11.3 Å². The van der Waals surface area contributed by atoms with Crippen LogP contribution in [0.5, 0.6) is 0 Å². The van der Waals surface area contributed by atoms with Gasteiger partial charge in [-0.25, -0.2) is 0 Å². The summed E-state index contributed by atoms with van der Waals surface area (Å²) in [5, 5.41) is 3.98. The van der Waals surface area contributed by atoms with Gasteiger partial charge in [-0.3, -0.25) is 9.88 Å². The average Bonchev–Trinajstić information content (AvgIpc) is 2.66. The quantitative estimate of drug-likeness (QED) is 0.839. The van der Waals surface area contributed by atoms with Gasteiger partial charge < -0.3 is 0 Å². The normalized spacial score (nSPS) is 10.9. The highest BCUT2D eigenvalue weighted by Gasteiger charge is 2.08. The predicted molar refractivity (Wildman–Crippen MR) is 64.3 cm³/mol. The fourth-order valence-electron chi connectivity index (χ4n) is 1.41. The van der Waals surface area contributed by atoms with E-state index >= 15 is 0 Å². The summed E-state index contributed by atoms with van der Waals surface area (Å²) < 4.78 is 4.47. The lowest BCUT2D eigenvalue weighted by Gasteiger charge is -2.14. The van der Waals surface area contributed by atoms with Crippen LogP contribution in [0.15, 0.2) is 24.5 Å². The Kier molecular flexibility index (Phi) is 3.82. The molecule has 6 heteroatoms. The van der Waals surface area contributed by atoms with Gasteiger partial charge in [0.1, 0.15) is 10.0 Å². The van der Waals surface area contributed by atoms with Crippen LogP contribution in [-0.2, 0) is 13.1 Å². The molecule has 0 aliphatic rings. The lowest BCUT2D eigenvalue weighted by Crippen LogP contribution is -2.17. The van der Waals surface area contributed by atoms with E-state index in [1.807, 2.05) is 25.4 Å². The molecule has 2 aromatic heterocycles. The summed E-state index contributed by atoms with van der Waals surface area (Å²) in [5.41, 5.74) is 2.00. The molecular formula is C10H11ClN4S. The molecule has 0 fully saturated rings. The summed E-state index contributed by atoms with van der Waals surface area (Å²) in [6.45, 7) is 1.52. The second-order valence-corrected chi connectivity index (χ2v) is 4.88. The summed E-state index contributed by atoms with van der Waals surface area (Å²) in [7, 11) is 2.02. The molecular weight excluding hydrogens is 244 g/mol. The molecule has 0 aliphatic heterocycles. The first-order chi connectivity index (χ1) is 7.75. The minimum Gasteiger partial charge on any atom is -0.296 e. The maximum Gasteiger partial charge on any atom is 0.138 e. The molecule has 2 rings (SSSR count). The van der Waals surface area contributed by atoms with Crippen LogP contribution in [-0.4, -0.2) is 26.5 Å². The Morgan fingerprint density at radius 1 is 1.44 bits per heavy atom. The first-order valence-electron chi connectivity index (χ1n) is 4.80. The van der Waals surface area contributed by atoms with Gasteiger partial charge in [-0.2, -0.15) is 0 Å². The first-order valence-corrected chi connectivity index (χ1v) is 5.95. The van der Waals surface area contributed by atoms with Gasteiger partial charge in [-0.15, -0.1) is 5.10 Å². The monoisotopic (exact) mass is 254 g/mol. The van der Waals surface area contributed by atoms with E-state index in [0.717, 1.165) is 12.2 Å². The molecule has 0 radical (unpaired) electrons. The van der Waals surface area contributed by atoms with Crippen molar-refractivity contribution < 1.29 is 0 Å². The Morgan fingerprint density at radius 2 is 2.31 bits per heavy atom. The molecule has 0 saturated heterocycles. The number of hydrogen-bond donors (Lipinski definition) is 0. The summed E-state index contributed by atoms with van der Waals surface area (Å²) in [6, 6.07) is 3.98. The van der Waals surface area contributed by atoms with Gasteiger partial charge in [0.15, 0.2) is 0 Å². The summed E-state index contributed by atoms with van der Waals surface area (Å²) in [6.07, 6.45) is 3.63. The van der Waals surface area contributed by atoms with E-state index in [-0.39, 0.29) is 0 Å². The van der Waals surface area contributed by atoms with Crippen LogP contribution in [0.3, 0.4) is 0 Å². The molecule has 0 bridgehead atoms. The van der Waals surface area contributed by atoms with Crippen molar-refractivity contribution in [3.63, 3.8) is 0 Å². The fourth-order valence-corrected chi connectivity index (χ4v) is 2.02. The number of nitrogens with zero attached hydrogens (tertiary/aromatic N) is 4. The second-order valence-electron chi connectivity index (χ2n) is 3.53. The van der Waals surface area contributed by atoms with Gasteiger partial charge in [0.25, 0.3) is 0 Å². The molecule has 4 nitrogen and oxygen atoms in total. The van der Waals surface area contributed by atoms with E-state index in [9.17, 15) is 0 Å². The lowest BCUT2D eigenvalue weighted by atomic mass is 10.2. The third-order valence-corrected chi connectivity index (χ3v) is 3.09. The van der Waals surface area contributed by atoms with Crippen molar-refractivity contribution in [2.24, 2.45) is 0 Å². The van der Waals surface area contributed by atoms with Gasteiger partial charge >= 0.3 is 0 Å². The Labute approximate surface area is 103 Å². The first kappa shape index (κ1) is 11.4. The smallest absolute Gasteiger partial charge is 0.138 e. The van der Waals surface area contributed by atoms with Crippen molar-refractivity contribution in [3.05, 3.63) is 40.1 Å². The minimum atomic E-state index is 0.665. The SMILES string of the molecule is CN(Cc1cccnc1)Cc1nnsc1Cl. The van der Waals surface area contributed by atoms with E-state index in [2.05, 4.69) is 19.5 Å². The Morgan fingerprint density at radius 3 is 2.94 bits per heavy atom.